The Morgan fingerprint density at radius 2 is 1.75 bits per heavy atom. The largest absolute Gasteiger partial charge is 0.397 e. The lowest BCUT2D eigenvalue weighted by Gasteiger charge is -2.12. The zero-order valence-corrected chi connectivity index (χ0v) is 12.6. The molecule has 0 unspecified atom stereocenters. The van der Waals surface area contributed by atoms with Gasteiger partial charge in [0.15, 0.2) is 0 Å². The van der Waals surface area contributed by atoms with Gasteiger partial charge < -0.3 is 11.1 Å². The summed E-state index contributed by atoms with van der Waals surface area (Å²) in [6, 6.07) is 8.39. The van der Waals surface area contributed by atoms with Crippen LogP contribution in [0.4, 0.5) is 11.4 Å². The number of anilines is 2. The first kappa shape index (κ1) is 14.7. The Hall–Kier alpha value is -1.71. The van der Waals surface area contributed by atoms with Gasteiger partial charge in [0.05, 0.1) is 22.0 Å². The average molecular weight is 309 g/mol. The number of nitrogen functional groups attached to an aromatic ring is 1. The number of nitrogens with one attached hydrogen (secondary N) is 1. The van der Waals surface area contributed by atoms with E-state index in [-0.39, 0.29) is 5.91 Å². The molecule has 2 rings (SSSR count). The maximum atomic E-state index is 12.2. The minimum absolute atomic E-state index is 0.303. The highest BCUT2D eigenvalue weighted by Crippen LogP contribution is 2.26. The molecule has 0 bridgehead atoms. The van der Waals surface area contributed by atoms with Crippen molar-refractivity contribution in [1.29, 1.82) is 0 Å². The predicted octanol–water partition coefficient (Wildman–Crippen LogP) is 4.44. The van der Waals surface area contributed by atoms with Gasteiger partial charge in [-0.1, -0.05) is 23.2 Å². The molecule has 0 atom stereocenters. The van der Waals surface area contributed by atoms with E-state index < -0.39 is 0 Å². The number of amides is 1. The number of aryl methyl sites for hydroxylation is 2. The molecule has 5 heteroatoms. The molecule has 0 fully saturated rings. The number of hydrogen-bond acceptors (Lipinski definition) is 2. The molecule has 104 valence electrons. The minimum atomic E-state index is -0.318. The first-order valence-corrected chi connectivity index (χ1v) is 6.77. The van der Waals surface area contributed by atoms with E-state index in [2.05, 4.69) is 5.32 Å². The highest BCUT2D eigenvalue weighted by Gasteiger charge is 2.13. The molecular weight excluding hydrogens is 295 g/mol. The summed E-state index contributed by atoms with van der Waals surface area (Å²) in [5, 5.41) is 3.55. The Morgan fingerprint density at radius 1 is 1.10 bits per heavy atom. The van der Waals surface area contributed by atoms with Crippen molar-refractivity contribution in [2.75, 3.05) is 11.1 Å². The summed E-state index contributed by atoms with van der Waals surface area (Å²) in [4.78, 5) is 12.2. The van der Waals surface area contributed by atoms with Crippen LogP contribution >= 0.6 is 23.2 Å². The van der Waals surface area contributed by atoms with Crippen LogP contribution in [0, 0.1) is 13.8 Å². The highest BCUT2D eigenvalue weighted by molar-refractivity contribution is 6.37. The number of nitrogens with two attached hydrogens (primary N) is 1. The van der Waals surface area contributed by atoms with E-state index in [4.69, 9.17) is 28.9 Å². The molecule has 1 amide bonds. The topological polar surface area (TPSA) is 55.1 Å². The molecule has 0 aliphatic heterocycles. The Labute approximate surface area is 127 Å². The molecule has 0 saturated heterocycles. The van der Waals surface area contributed by atoms with Gasteiger partial charge in [0, 0.05) is 5.02 Å². The van der Waals surface area contributed by atoms with Gasteiger partial charge in [0.25, 0.3) is 5.91 Å². The quantitative estimate of drug-likeness (QED) is 0.806. The number of halogens is 2. The van der Waals surface area contributed by atoms with Crippen LogP contribution in [0.3, 0.4) is 0 Å². The van der Waals surface area contributed by atoms with Gasteiger partial charge in [0.1, 0.15) is 0 Å². The molecular formula is C15H14Cl2N2O. The number of hydrogen-bond donors (Lipinski definition) is 2. The van der Waals surface area contributed by atoms with Crippen LogP contribution < -0.4 is 11.1 Å². The van der Waals surface area contributed by atoms with Crippen molar-refractivity contribution in [3.63, 3.8) is 0 Å². The molecule has 0 aliphatic carbocycles. The van der Waals surface area contributed by atoms with Crippen molar-refractivity contribution >= 4 is 40.5 Å². The third-order valence-electron chi connectivity index (χ3n) is 3.09. The normalized spacial score (nSPS) is 10.4. The fourth-order valence-electron chi connectivity index (χ4n) is 1.81. The SMILES string of the molecule is Cc1cc(N)c(NC(=O)c2ccc(Cl)cc2Cl)cc1C. The van der Waals surface area contributed by atoms with Gasteiger partial charge in [-0.25, -0.2) is 0 Å². The van der Waals surface area contributed by atoms with Crippen LogP contribution in [0.2, 0.25) is 10.0 Å². The predicted molar refractivity (Wildman–Crippen MR) is 84.7 cm³/mol. The highest BCUT2D eigenvalue weighted by atomic mass is 35.5. The molecule has 20 heavy (non-hydrogen) atoms. The summed E-state index contributed by atoms with van der Waals surface area (Å²) in [6.45, 7) is 3.92. The van der Waals surface area contributed by atoms with E-state index in [1.165, 1.54) is 6.07 Å². The van der Waals surface area contributed by atoms with E-state index in [9.17, 15) is 4.79 Å². The smallest absolute Gasteiger partial charge is 0.257 e. The Bertz CT molecular complexity index is 684. The van der Waals surface area contributed by atoms with E-state index in [0.717, 1.165) is 11.1 Å². The van der Waals surface area contributed by atoms with Gasteiger partial charge >= 0.3 is 0 Å². The molecule has 0 aromatic heterocycles. The second-order valence-corrected chi connectivity index (χ2v) is 5.45. The van der Waals surface area contributed by atoms with Crippen LogP contribution in [0.15, 0.2) is 30.3 Å². The Balaban J connectivity index is 2.30. The third-order valence-corrected chi connectivity index (χ3v) is 3.64. The standard InChI is InChI=1S/C15H14Cl2N2O/c1-8-5-13(18)14(6-9(8)2)19-15(20)11-4-3-10(16)7-12(11)17/h3-7H,18H2,1-2H3,(H,19,20). The van der Waals surface area contributed by atoms with Crippen molar-refractivity contribution in [3.8, 4) is 0 Å². The first-order chi connectivity index (χ1) is 9.38. The van der Waals surface area contributed by atoms with Crippen molar-refractivity contribution in [3.05, 3.63) is 57.1 Å². The molecule has 0 radical (unpaired) electrons. The van der Waals surface area contributed by atoms with Gasteiger partial charge in [-0.3, -0.25) is 4.79 Å². The number of carbonyl (C=O) groups excluding carboxylic acids is 1. The molecule has 3 N–H and O–H groups in total. The molecule has 0 aliphatic rings. The van der Waals surface area contributed by atoms with Crippen molar-refractivity contribution in [1.82, 2.24) is 0 Å². The van der Waals surface area contributed by atoms with Crippen LogP contribution in [0.5, 0.6) is 0 Å². The third kappa shape index (κ3) is 3.06. The summed E-state index contributed by atoms with van der Waals surface area (Å²) in [7, 11) is 0. The van der Waals surface area contributed by atoms with Crippen molar-refractivity contribution in [2.45, 2.75) is 13.8 Å². The van der Waals surface area contributed by atoms with E-state index >= 15 is 0 Å². The molecule has 2 aromatic rings. The van der Waals surface area contributed by atoms with Gasteiger partial charge in [-0.2, -0.15) is 0 Å². The van der Waals surface area contributed by atoms with E-state index in [0.29, 0.717) is 27.0 Å². The second kappa shape index (κ2) is 5.73. The Kier molecular flexibility index (Phi) is 4.21. The summed E-state index contributed by atoms with van der Waals surface area (Å²) in [5.74, 6) is -0.318. The maximum Gasteiger partial charge on any atom is 0.257 e. The molecule has 0 heterocycles. The van der Waals surface area contributed by atoms with Crippen molar-refractivity contribution in [2.24, 2.45) is 0 Å². The zero-order chi connectivity index (χ0) is 14.9. The van der Waals surface area contributed by atoms with Crippen LogP contribution in [-0.4, -0.2) is 5.91 Å². The number of benzene rings is 2. The number of carbonyl (C=O) groups is 1. The zero-order valence-electron chi connectivity index (χ0n) is 11.1. The average Bonchev–Trinajstić information content (AvgIpc) is 2.35. The molecule has 3 nitrogen and oxygen atoms in total. The molecule has 0 saturated carbocycles. The van der Waals surface area contributed by atoms with Crippen molar-refractivity contribution < 1.29 is 4.79 Å². The second-order valence-electron chi connectivity index (χ2n) is 4.60. The minimum Gasteiger partial charge on any atom is -0.397 e. The van der Waals surface area contributed by atoms with Gasteiger partial charge in [-0.05, 0) is 55.3 Å². The fraction of sp³-hybridized carbons (Fsp3) is 0.133. The molecule has 0 spiro atoms. The monoisotopic (exact) mass is 308 g/mol. The fourth-order valence-corrected chi connectivity index (χ4v) is 2.30. The van der Waals surface area contributed by atoms with E-state index in [1.807, 2.05) is 26.0 Å². The molecule has 2 aromatic carbocycles. The summed E-state index contributed by atoms with van der Waals surface area (Å²) >= 11 is 11.8. The number of rotatable bonds is 2. The van der Waals surface area contributed by atoms with Gasteiger partial charge in [0.2, 0.25) is 0 Å². The lowest BCUT2D eigenvalue weighted by Crippen LogP contribution is -2.14. The first-order valence-electron chi connectivity index (χ1n) is 6.01. The van der Waals surface area contributed by atoms with Crippen LogP contribution in [-0.2, 0) is 0 Å². The van der Waals surface area contributed by atoms with Crippen LogP contribution in [0.1, 0.15) is 21.5 Å². The lowest BCUT2D eigenvalue weighted by molar-refractivity contribution is 0.102. The lowest BCUT2D eigenvalue weighted by atomic mass is 10.1. The summed E-state index contributed by atoms with van der Waals surface area (Å²) in [6.07, 6.45) is 0. The summed E-state index contributed by atoms with van der Waals surface area (Å²) < 4.78 is 0. The Morgan fingerprint density at radius 3 is 2.40 bits per heavy atom. The van der Waals surface area contributed by atoms with Crippen LogP contribution in [0.25, 0.3) is 0 Å². The summed E-state index contributed by atoms with van der Waals surface area (Å²) in [5.41, 5.74) is 9.49. The van der Waals surface area contributed by atoms with Gasteiger partial charge in [-0.15, -0.1) is 0 Å². The van der Waals surface area contributed by atoms with E-state index in [1.54, 1.807) is 12.1 Å². The maximum absolute atomic E-state index is 12.2.